The smallest absolute Gasteiger partial charge is 0.396 e. The van der Waals surface area contributed by atoms with Crippen LogP contribution in [-0.2, 0) is 12.7 Å². The number of hydrogen-bond donors (Lipinski definition) is 1. The minimum Gasteiger partial charge on any atom is -0.396 e. The summed E-state index contributed by atoms with van der Waals surface area (Å²) in [7, 11) is 0. The van der Waals surface area contributed by atoms with E-state index in [4.69, 9.17) is 0 Å². The monoisotopic (exact) mass is 307 g/mol. The van der Waals surface area contributed by atoms with Gasteiger partial charge in [0.15, 0.2) is 0 Å². The van der Waals surface area contributed by atoms with Gasteiger partial charge in [0.2, 0.25) is 0 Å². The maximum Gasteiger partial charge on any atom is 0.416 e. The van der Waals surface area contributed by atoms with E-state index in [1.807, 2.05) is 24.3 Å². The Hall–Kier alpha value is -2.01. The Balaban J connectivity index is 1.80. The van der Waals surface area contributed by atoms with E-state index >= 15 is 0 Å². The van der Waals surface area contributed by atoms with E-state index in [1.165, 1.54) is 12.1 Å². The lowest BCUT2D eigenvalue weighted by molar-refractivity contribution is -0.137. The van der Waals surface area contributed by atoms with Crippen molar-refractivity contribution in [1.82, 2.24) is 0 Å². The van der Waals surface area contributed by atoms with E-state index in [0.717, 1.165) is 28.9 Å². The van der Waals surface area contributed by atoms with E-state index in [2.05, 4.69) is 4.90 Å². The number of aliphatic hydroxyl groups excluding tert-OH is 1. The van der Waals surface area contributed by atoms with E-state index in [0.29, 0.717) is 13.1 Å². The molecule has 2 nitrogen and oxygen atoms in total. The fourth-order valence-corrected chi connectivity index (χ4v) is 2.91. The van der Waals surface area contributed by atoms with Crippen LogP contribution < -0.4 is 4.90 Å². The highest BCUT2D eigenvalue weighted by atomic mass is 19.4. The molecule has 1 atom stereocenters. The Morgan fingerprint density at radius 3 is 2.36 bits per heavy atom. The summed E-state index contributed by atoms with van der Waals surface area (Å²) in [5, 5.41) is 9.47. The summed E-state index contributed by atoms with van der Waals surface area (Å²) in [6.45, 7) is 1.28. The molecule has 0 radical (unpaired) electrons. The van der Waals surface area contributed by atoms with Gasteiger partial charge in [-0.05, 0) is 29.3 Å². The summed E-state index contributed by atoms with van der Waals surface area (Å²) in [4.78, 5) is 2.10. The largest absolute Gasteiger partial charge is 0.416 e. The van der Waals surface area contributed by atoms with Crippen LogP contribution in [0, 0.1) is 0 Å². The van der Waals surface area contributed by atoms with Crippen LogP contribution in [-0.4, -0.2) is 18.3 Å². The van der Waals surface area contributed by atoms with Crippen molar-refractivity contribution in [1.29, 1.82) is 0 Å². The third kappa shape index (κ3) is 2.81. The number of hydrogen-bond acceptors (Lipinski definition) is 2. The Kier molecular flexibility index (Phi) is 3.83. The maximum absolute atomic E-state index is 12.6. The zero-order valence-corrected chi connectivity index (χ0v) is 11.8. The zero-order chi connectivity index (χ0) is 15.7. The Morgan fingerprint density at radius 2 is 1.73 bits per heavy atom. The molecule has 22 heavy (non-hydrogen) atoms. The highest BCUT2D eigenvalue weighted by Crippen LogP contribution is 2.37. The van der Waals surface area contributed by atoms with Gasteiger partial charge in [-0.25, -0.2) is 0 Å². The summed E-state index contributed by atoms with van der Waals surface area (Å²) >= 11 is 0. The van der Waals surface area contributed by atoms with Gasteiger partial charge in [0.25, 0.3) is 0 Å². The molecule has 0 amide bonds. The predicted molar refractivity (Wildman–Crippen MR) is 78.8 cm³/mol. The normalized spacial score (nSPS) is 17.6. The molecule has 0 aromatic heterocycles. The van der Waals surface area contributed by atoms with E-state index in [1.54, 1.807) is 0 Å². The number of alkyl halides is 3. The second kappa shape index (κ2) is 5.65. The number of benzene rings is 2. The number of anilines is 1. The fourth-order valence-electron chi connectivity index (χ4n) is 2.91. The van der Waals surface area contributed by atoms with Crippen LogP contribution in [0.25, 0.3) is 0 Å². The Labute approximate surface area is 126 Å². The van der Waals surface area contributed by atoms with Gasteiger partial charge in [0.1, 0.15) is 0 Å². The molecule has 0 saturated heterocycles. The maximum atomic E-state index is 12.6. The molecule has 1 N–H and O–H groups in total. The van der Waals surface area contributed by atoms with Crippen LogP contribution >= 0.6 is 0 Å². The molecule has 1 heterocycles. The molecule has 0 aliphatic carbocycles. The quantitative estimate of drug-likeness (QED) is 0.932. The first-order valence-electron chi connectivity index (χ1n) is 7.10. The van der Waals surface area contributed by atoms with Crippen molar-refractivity contribution in [3.8, 4) is 0 Å². The van der Waals surface area contributed by atoms with Crippen molar-refractivity contribution < 1.29 is 18.3 Å². The van der Waals surface area contributed by atoms with Gasteiger partial charge in [-0.15, -0.1) is 0 Å². The molecule has 0 bridgehead atoms. The molecule has 0 fully saturated rings. The molecule has 1 unspecified atom stereocenters. The predicted octanol–water partition coefficient (Wildman–Crippen LogP) is 3.80. The third-order valence-electron chi connectivity index (χ3n) is 4.03. The van der Waals surface area contributed by atoms with Crippen molar-refractivity contribution in [2.24, 2.45) is 0 Å². The summed E-state index contributed by atoms with van der Waals surface area (Å²) < 4.78 is 37.7. The number of nitrogens with zero attached hydrogens (tertiary/aromatic N) is 1. The lowest BCUT2D eigenvalue weighted by Gasteiger charge is -2.20. The molecule has 0 saturated carbocycles. The van der Waals surface area contributed by atoms with Crippen molar-refractivity contribution in [3.63, 3.8) is 0 Å². The number of fused-ring (bicyclic) bond motifs is 1. The molecule has 116 valence electrons. The van der Waals surface area contributed by atoms with Crippen LogP contribution in [0.4, 0.5) is 18.9 Å². The summed E-state index contributed by atoms with van der Waals surface area (Å²) in [5.74, 6) is 0.0608. The summed E-state index contributed by atoms with van der Waals surface area (Å²) in [6, 6.07) is 13.1. The lowest BCUT2D eigenvalue weighted by atomic mass is 10.0. The van der Waals surface area contributed by atoms with Gasteiger partial charge < -0.3 is 10.0 Å². The number of aliphatic hydroxyl groups is 1. The molecule has 1 aliphatic heterocycles. The molecule has 0 spiro atoms. The lowest BCUT2D eigenvalue weighted by Crippen LogP contribution is -2.22. The van der Waals surface area contributed by atoms with Crippen LogP contribution in [0.15, 0.2) is 48.5 Å². The van der Waals surface area contributed by atoms with Crippen molar-refractivity contribution in [3.05, 3.63) is 65.2 Å². The van der Waals surface area contributed by atoms with Gasteiger partial charge in [-0.1, -0.05) is 30.3 Å². The van der Waals surface area contributed by atoms with Gasteiger partial charge in [-0.3, -0.25) is 0 Å². The number of halogens is 3. The molecule has 3 rings (SSSR count). The summed E-state index contributed by atoms with van der Waals surface area (Å²) in [6.07, 6.45) is -4.30. The highest BCUT2D eigenvalue weighted by molar-refractivity contribution is 5.60. The van der Waals surface area contributed by atoms with Crippen LogP contribution in [0.1, 0.15) is 22.6 Å². The molecule has 5 heteroatoms. The van der Waals surface area contributed by atoms with E-state index < -0.39 is 11.7 Å². The molecular weight excluding hydrogens is 291 g/mol. The minimum absolute atomic E-state index is 0.0608. The van der Waals surface area contributed by atoms with Gasteiger partial charge >= 0.3 is 6.18 Å². The first-order chi connectivity index (χ1) is 10.5. The second-order valence-corrected chi connectivity index (χ2v) is 5.51. The molecule has 2 aromatic carbocycles. The van der Waals surface area contributed by atoms with Crippen molar-refractivity contribution in [2.45, 2.75) is 18.6 Å². The topological polar surface area (TPSA) is 23.5 Å². The van der Waals surface area contributed by atoms with E-state index in [9.17, 15) is 18.3 Å². The third-order valence-corrected chi connectivity index (χ3v) is 4.03. The van der Waals surface area contributed by atoms with Gasteiger partial charge in [-0.2, -0.15) is 13.2 Å². The Bertz CT molecular complexity index is 652. The average molecular weight is 307 g/mol. The van der Waals surface area contributed by atoms with Crippen LogP contribution in [0.2, 0.25) is 0 Å². The SMILES string of the molecule is OCC1CN(Cc2ccc(C(F)(F)F)cc2)c2ccccc21. The minimum atomic E-state index is -4.30. The fraction of sp³-hybridized carbons (Fsp3) is 0.294. The zero-order valence-electron chi connectivity index (χ0n) is 11.8. The van der Waals surface area contributed by atoms with Crippen molar-refractivity contribution >= 4 is 5.69 Å². The standard InChI is InChI=1S/C17H16F3NO/c18-17(19,20)14-7-5-12(6-8-14)9-21-10-13(11-22)15-3-1-2-4-16(15)21/h1-8,13,22H,9-11H2. The van der Waals surface area contributed by atoms with Gasteiger partial charge in [0.05, 0.1) is 12.2 Å². The van der Waals surface area contributed by atoms with Crippen LogP contribution in [0.3, 0.4) is 0 Å². The highest BCUT2D eigenvalue weighted by Gasteiger charge is 2.30. The number of para-hydroxylation sites is 1. The molecule has 2 aromatic rings. The molecular formula is C17H16F3NO. The molecule has 1 aliphatic rings. The first-order valence-corrected chi connectivity index (χ1v) is 7.10. The average Bonchev–Trinajstić information content (AvgIpc) is 2.85. The number of rotatable bonds is 3. The van der Waals surface area contributed by atoms with E-state index in [-0.39, 0.29) is 12.5 Å². The van der Waals surface area contributed by atoms with Gasteiger partial charge in [0, 0.05) is 24.7 Å². The van der Waals surface area contributed by atoms with Crippen LogP contribution in [0.5, 0.6) is 0 Å². The van der Waals surface area contributed by atoms with Crippen molar-refractivity contribution in [2.75, 3.05) is 18.1 Å². The summed E-state index contributed by atoms with van der Waals surface area (Å²) in [5.41, 5.74) is 2.33. The first kappa shape index (κ1) is 14.9. The Morgan fingerprint density at radius 1 is 1.05 bits per heavy atom. The second-order valence-electron chi connectivity index (χ2n) is 5.51.